The van der Waals surface area contributed by atoms with Crippen LogP contribution in [0.15, 0.2) is 36.5 Å². The molecule has 1 saturated heterocycles. The summed E-state index contributed by atoms with van der Waals surface area (Å²) in [4.78, 5) is 32.0. The van der Waals surface area contributed by atoms with Gasteiger partial charge in [-0.05, 0) is 12.1 Å². The van der Waals surface area contributed by atoms with Gasteiger partial charge >= 0.3 is 0 Å². The normalized spacial score (nSPS) is 15.5. The van der Waals surface area contributed by atoms with E-state index < -0.39 is 0 Å². The second kappa shape index (κ2) is 7.40. The molecule has 2 amide bonds. The number of para-hydroxylation sites is 1. The quantitative estimate of drug-likeness (QED) is 0.929. The lowest BCUT2D eigenvalue weighted by Gasteiger charge is -2.34. The summed E-state index contributed by atoms with van der Waals surface area (Å²) < 4.78 is 0. The molecule has 1 fully saturated rings. The fraction of sp³-hybridized carbons (Fsp3) is 0.389. The molecule has 3 rings (SSSR count). The monoisotopic (exact) mass is 326 g/mol. The van der Waals surface area contributed by atoms with Crippen molar-refractivity contribution >= 4 is 28.4 Å². The number of hydrogen-bond acceptors (Lipinski definition) is 4. The second-order valence-electron chi connectivity index (χ2n) is 6.03. The maximum atomic E-state index is 12.2. The Morgan fingerprint density at radius 2 is 1.88 bits per heavy atom. The minimum atomic E-state index is -0.0119. The van der Waals surface area contributed by atoms with E-state index in [9.17, 15) is 9.59 Å². The predicted octanol–water partition coefficient (Wildman–Crippen LogP) is 1.73. The Morgan fingerprint density at radius 1 is 1.12 bits per heavy atom. The molecular formula is C18H22N4O2. The summed E-state index contributed by atoms with van der Waals surface area (Å²) in [5.74, 6) is 0.109. The molecule has 0 aliphatic carbocycles. The molecular weight excluding hydrogens is 304 g/mol. The Morgan fingerprint density at radius 3 is 2.62 bits per heavy atom. The van der Waals surface area contributed by atoms with Gasteiger partial charge in [-0.3, -0.25) is 19.5 Å². The Labute approximate surface area is 141 Å². The van der Waals surface area contributed by atoms with E-state index in [1.165, 1.54) is 0 Å². The number of aromatic nitrogens is 1. The third-order valence-electron chi connectivity index (χ3n) is 4.38. The van der Waals surface area contributed by atoms with Crippen molar-refractivity contribution < 1.29 is 9.59 Å². The van der Waals surface area contributed by atoms with Crippen molar-refractivity contribution in [2.75, 3.05) is 38.0 Å². The molecule has 1 aromatic heterocycles. The number of benzene rings is 1. The largest absolute Gasteiger partial charge is 0.340 e. The Kier molecular flexibility index (Phi) is 5.05. The summed E-state index contributed by atoms with van der Waals surface area (Å²) in [7, 11) is 0. The summed E-state index contributed by atoms with van der Waals surface area (Å²) >= 11 is 0. The van der Waals surface area contributed by atoms with Crippen LogP contribution in [0.5, 0.6) is 0 Å². The predicted molar refractivity (Wildman–Crippen MR) is 93.7 cm³/mol. The molecule has 0 spiro atoms. The summed E-state index contributed by atoms with van der Waals surface area (Å²) in [6.45, 7) is 5.43. The zero-order valence-corrected chi connectivity index (χ0v) is 13.9. The van der Waals surface area contributed by atoms with Crippen LogP contribution in [-0.2, 0) is 9.59 Å². The zero-order valence-electron chi connectivity index (χ0n) is 13.9. The zero-order chi connectivity index (χ0) is 16.9. The summed E-state index contributed by atoms with van der Waals surface area (Å²) in [6, 6.07) is 9.63. The van der Waals surface area contributed by atoms with Gasteiger partial charge in [-0.25, -0.2) is 0 Å². The average Bonchev–Trinajstić information content (AvgIpc) is 2.61. The van der Waals surface area contributed by atoms with Crippen LogP contribution in [0.25, 0.3) is 10.9 Å². The molecule has 0 saturated carbocycles. The van der Waals surface area contributed by atoms with E-state index in [1.54, 1.807) is 13.1 Å². The van der Waals surface area contributed by atoms with E-state index in [0.29, 0.717) is 13.0 Å². The number of nitrogens with zero attached hydrogens (tertiary/aromatic N) is 3. The molecule has 6 nitrogen and oxygen atoms in total. The minimum Gasteiger partial charge on any atom is -0.340 e. The van der Waals surface area contributed by atoms with Crippen molar-refractivity contribution in [2.24, 2.45) is 0 Å². The van der Waals surface area contributed by atoms with Crippen LogP contribution in [0.1, 0.15) is 13.3 Å². The Hall–Kier alpha value is -2.47. The van der Waals surface area contributed by atoms with Crippen molar-refractivity contribution in [3.63, 3.8) is 0 Å². The van der Waals surface area contributed by atoms with Gasteiger partial charge in [-0.2, -0.15) is 0 Å². The fourth-order valence-electron chi connectivity index (χ4n) is 2.96. The minimum absolute atomic E-state index is 0.0119. The number of hydrogen-bond donors (Lipinski definition) is 1. The number of carbonyl (C=O) groups excluding carboxylic acids is 2. The van der Waals surface area contributed by atoms with Crippen molar-refractivity contribution in [3.8, 4) is 0 Å². The van der Waals surface area contributed by atoms with Crippen LogP contribution in [0.2, 0.25) is 0 Å². The topological polar surface area (TPSA) is 65.5 Å². The van der Waals surface area contributed by atoms with Crippen molar-refractivity contribution in [2.45, 2.75) is 13.3 Å². The number of amides is 2. The molecule has 0 radical (unpaired) electrons. The first-order valence-corrected chi connectivity index (χ1v) is 8.25. The number of anilines is 1. The van der Waals surface area contributed by atoms with E-state index in [1.807, 2.05) is 35.2 Å². The molecule has 0 atom stereocenters. The van der Waals surface area contributed by atoms with Gasteiger partial charge in [0.2, 0.25) is 11.8 Å². The summed E-state index contributed by atoms with van der Waals surface area (Å²) in [5, 5.41) is 3.97. The van der Waals surface area contributed by atoms with E-state index in [0.717, 1.165) is 42.8 Å². The molecule has 2 aromatic rings. The van der Waals surface area contributed by atoms with Crippen LogP contribution in [-0.4, -0.2) is 59.3 Å². The van der Waals surface area contributed by atoms with Gasteiger partial charge in [-0.15, -0.1) is 0 Å². The van der Waals surface area contributed by atoms with Crippen LogP contribution >= 0.6 is 0 Å². The van der Waals surface area contributed by atoms with E-state index in [-0.39, 0.29) is 11.8 Å². The average molecular weight is 326 g/mol. The molecule has 0 unspecified atom stereocenters. The molecule has 1 aromatic carbocycles. The molecule has 24 heavy (non-hydrogen) atoms. The molecule has 6 heteroatoms. The number of piperazine rings is 1. The smallest absolute Gasteiger partial charge is 0.225 e. The van der Waals surface area contributed by atoms with Crippen LogP contribution in [0.4, 0.5) is 5.69 Å². The maximum absolute atomic E-state index is 12.2. The first-order valence-electron chi connectivity index (χ1n) is 8.25. The van der Waals surface area contributed by atoms with Gasteiger partial charge in [0, 0.05) is 57.7 Å². The van der Waals surface area contributed by atoms with Gasteiger partial charge in [0.1, 0.15) is 0 Å². The number of pyridine rings is 1. The van der Waals surface area contributed by atoms with Gasteiger partial charge < -0.3 is 10.2 Å². The van der Waals surface area contributed by atoms with Crippen molar-refractivity contribution in [3.05, 3.63) is 36.5 Å². The van der Waals surface area contributed by atoms with E-state index in [4.69, 9.17) is 0 Å². The number of rotatable bonds is 4. The molecule has 0 bridgehead atoms. The Bertz CT molecular complexity index is 733. The van der Waals surface area contributed by atoms with Gasteiger partial charge in [0.05, 0.1) is 11.2 Å². The highest BCUT2D eigenvalue weighted by Gasteiger charge is 2.19. The number of nitrogens with one attached hydrogen (secondary N) is 1. The SMILES string of the molecule is CC(=O)N1CCN(CCC(=O)Nc2cccc3cccnc23)CC1. The second-order valence-corrected chi connectivity index (χ2v) is 6.03. The third kappa shape index (κ3) is 3.89. The summed E-state index contributed by atoms with van der Waals surface area (Å²) in [6.07, 6.45) is 2.16. The van der Waals surface area contributed by atoms with Gasteiger partial charge in [0.25, 0.3) is 0 Å². The lowest BCUT2D eigenvalue weighted by molar-refractivity contribution is -0.130. The summed E-state index contributed by atoms with van der Waals surface area (Å²) in [5.41, 5.74) is 1.56. The first-order chi connectivity index (χ1) is 11.6. The molecule has 126 valence electrons. The highest BCUT2D eigenvalue weighted by molar-refractivity contribution is 6.00. The van der Waals surface area contributed by atoms with Crippen LogP contribution in [0.3, 0.4) is 0 Å². The number of fused-ring (bicyclic) bond motifs is 1. The Balaban J connectivity index is 1.52. The van der Waals surface area contributed by atoms with E-state index >= 15 is 0 Å². The van der Waals surface area contributed by atoms with Gasteiger partial charge in [-0.1, -0.05) is 18.2 Å². The molecule has 1 N–H and O–H groups in total. The maximum Gasteiger partial charge on any atom is 0.225 e. The van der Waals surface area contributed by atoms with Crippen molar-refractivity contribution in [1.29, 1.82) is 0 Å². The van der Waals surface area contributed by atoms with Crippen LogP contribution < -0.4 is 5.32 Å². The fourth-order valence-corrected chi connectivity index (χ4v) is 2.96. The lowest BCUT2D eigenvalue weighted by Crippen LogP contribution is -2.48. The highest BCUT2D eigenvalue weighted by atomic mass is 16.2. The standard InChI is InChI=1S/C18H22N4O2/c1-14(23)22-12-10-21(11-13-22)9-7-17(24)20-16-6-2-4-15-5-3-8-19-18(15)16/h2-6,8H,7,9-13H2,1H3,(H,20,24). The van der Waals surface area contributed by atoms with E-state index in [2.05, 4.69) is 15.2 Å². The third-order valence-corrected chi connectivity index (χ3v) is 4.38. The van der Waals surface area contributed by atoms with Gasteiger partial charge in [0.15, 0.2) is 0 Å². The highest BCUT2D eigenvalue weighted by Crippen LogP contribution is 2.20. The van der Waals surface area contributed by atoms with Crippen molar-refractivity contribution in [1.82, 2.24) is 14.8 Å². The molecule has 2 heterocycles. The van der Waals surface area contributed by atoms with Crippen LogP contribution in [0, 0.1) is 0 Å². The lowest BCUT2D eigenvalue weighted by atomic mass is 10.2. The molecule has 1 aliphatic heterocycles. The number of carbonyl (C=O) groups is 2. The first kappa shape index (κ1) is 16.4. The molecule has 1 aliphatic rings.